The van der Waals surface area contributed by atoms with E-state index in [0.29, 0.717) is 0 Å². The SMILES string of the molecule is [B]NN/C(C)=C(/C)N. The Hall–Kier alpha value is -0.635. The van der Waals surface area contributed by atoms with Gasteiger partial charge >= 0.3 is 0 Å². The minimum absolute atomic E-state index is 0.725. The van der Waals surface area contributed by atoms with Gasteiger partial charge in [0.15, 0.2) is 0 Å². The molecule has 44 valence electrons. The number of hydrazine groups is 1. The highest BCUT2D eigenvalue weighted by Crippen LogP contribution is 1.86. The van der Waals surface area contributed by atoms with Gasteiger partial charge in [-0.05, 0) is 13.8 Å². The third-order valence-electron chi connectivity index (χ3n) is 0.851. The van der Waals surface area contributed by atoms with Crippen molar-refractivity contribution in [3.05, 3.63) is 11.4 Å². The summed E-state index contributed by atoms with van der Waals surface area (Å²) in [5, 5.41) is 2.26. The first-order valence-corrected chi connectivity index (χ1v) is 2.33. The second-order valence-corrected chi connectivity index (χ2v) is 1.58. The molecule has 0 unspecified atom stereocenters. The van der Waals surface area contributed by atoms with Gasteiger partial charge < -0.3 is 11.2 Å². The Labute approximate surface area is 50.7 Å². The van der Waals surface area contributed by atoms with Gasteiger partial charge in [0.2, 0.25) is 7.98 Å². The van der Waals surface area contributed by atoms with Crippen molar-refractivity contribution in [3.8, 4) is 0 Å². The number of hydrogen-bond acceptors (Lipinski definition) is 3. The zero-order valence-corrected chi connectivity index (χ0v) is 5.15. The second-order valence-electron chi connectivity index (χ2n) is 1.58. The molecule has 0 bridgehead atoms. The summed E-state index contributed by atoms with van der Waals surface area (Å²) < 4.78 is 0. The fraction of sp³-hybridized carbons (Fsp3) is 0.500. The van der Waals surface area contributed by atoms with Crippen LogP contribution in [-0.2, 0) is 0 Å². The van der Waals surface area contributed by atoms with Gasteiger partial charge in [-0.3, -0.25) is 5.34 Å². The summed E-state index contributed by atoms with van der Waals surface area (Å²) in [5.41, 5.74) is 9.54. The van der Waals surface area contributed by atoms with Crippen LogP contribution in [0, 0.1) is 0 Å². The summed E-state index contributed by atoms with van der Waals surface area (Å²) in [4.78, 5) is 0. The molecule has 4 heteroatoms. The molecule has 0 spiro atoms. The quantitative estimate of drug-likeness (QED) is 0.328. The predicted molar refractivity (Wildman–Crippen MR) is 34.6 cm³/mol. The van der Waals surface area contributed by atoms with Crippen molar-refractivity contribution < 1.29 is 0 Å². The van der Waals surface area contributed by atoms with E-state index in [0.717, 1.165) is 11.4 Å². The highest BCUT2D eigenvalue weighted by atomic mass is 15.3. The first-order chi connectivity index (χ1) is 3.68. The first kappa shape index (κ1) is 7.36. The molecule has 0 rings (SSSR count). The van der Waals surface area contributed by atoms with Crippen molar-refractivity contribution in [2.45, 2.75) is 13.8 Å². The normalized spacial score (nSPS) is 12.8. The van der Waals surface area contributed by atoms with E-state index in [9.17, 15) is 0 Å². The zero-order chi connectivity index (χ0) is 6.57. The lowest BCUT2D eigenvalue weighted by molar-refractivity contribution is 0.782. The van der Waals surface area contributed by atoms with Gasteiger partial charge in [0.1, 0.15) is 0 Å². The van der Waals surface area contributed by atoms with Crippen LogP contribution in [-0.4, -0.2) is 7.98 Å². The molecule has 0 saturated carbocycles. The molecule has 0 fully saturated rings. The van der Waals surface area contributed by atoms with Gasteiger partial charge in [0, 0.05) is 11.4 Å². The number of hydrogen-bond donors (Lipinski definition) is 3. The van der Waals surface area contributed by atoms with Crippen LogP contribution in [0.3, 0.4) is 0 Å². The summed E-state index contributed by atoms with van der Waals surface area (Å²) in [6.07, 6.45) is 0. The fourth-order valence-electron chi connectivity index (χ4n) is 0.207. The summed E-state index contributed by atoms with van der Waals surface area (Å²) in [5.74, 6) is 0. The van der Waals surface area contributed by atoms with Gasteiger partial charge in [0.05, 0.1) is 0 Å². The van der Waals surface area contributed by atoms with Crippen LogP contribution in [0.15, 0.2) is 11.4 Å². The maximum absolute atomic E-state index is 5.34. The maximum atomic E-state index is 5.34. The van der Waals surface area contributed by atoms with Crippen molar-refractivity contribution in [1.29, 1.82) is 0 Å². The molecule has 0 aromatic heterocycles. The van der Waals surface area contributed by atoms with E-state index in [-0.39, 0.29) is 0 Å². The standard InChI is InChI=1S/C4H10BN3/c1-3(6)4(2)7-8-5/h7-8H,6H2,1-2H3/b4-3-. The molecular weight excluding hydrogens is 101 g/mol. The summed E-state index contributed by atoms with van der Waals surface area (Å²) in [6.45, 7) is 3.62. The Morgan fingerprint density at radius 3 is 2.12 bits per heavy atom. The van der Waals surface area contributed by atoms with Gasteiger partial charge in [-0.2, -0.15) is 0 Å². The number of nitrogens with two attached hydrogens (primary N) is 1. The molecule has 0 aliphatic heterocycles. The Balaban J connectivity index is 3.62. The zero-order valence-electron chi connectivity index (χ0n) is 5.15. The van der Waals surface area contributed by atoms with E-state index in [1.54, 1.807) is 6.92 Å². The molecule has 0 aromatic rings. The van der Waals surface area contributed by atoms with Crippen LogP contribution in [0.1, 0.15) is 13.8 Å². The van der Waals surface area contributed by atoms with Gasteiger partial charge in [-0.15, -0.1) is 0 Å². The second kappa shape index (κ2) is 3.38. The molecular formula is C4H10BN3. The monoisotopic (exact) mass is 111 g/mol. The van der Waals surface area contributed by atoms with Crippen LogP contribution in [0.25, 0.3) is 0 Å². The molecule has 8 heavy (non-hydrogen) atoms. The lowest BCUT2D eigenvalue weighted by Crippen LogP contribution is -2.28. The van der Waals surface area contributed by atoms with Gasteiger partial charge in [0.25, 0.3) is 0 Å². The van der Waals surface area contributed by atoms with E-state index < -0.39 is 0 Å². The van der Waals surface area contributed by atoms with E-state index in [2.05, 4.69) is 10.8 Å². The fourth-order valence-corrected chi connectivity index (χ4v) is 0.207. The maximum Gasteiger partial charge on any atom is 0.209 e. The number of nitrogens with one attached hydrogen (secondary N) is 2. The molecule has 4 N–H and O–H groups in total. The molecule has 0 saturated heterocycles. The third kappa shape index (κ3) is 2.52. The number of allylic oxidation sites excluding steroid dienone is 2. The Kier molecular flexibility index (Phi) is 3.11. The molecule has 0 heterocycles. The minimum atomic E-state index is 0.725. The van der Waals surface area contributed by atoms with Crippen molar-refractivity contribution in [3.63, 3.8) is 0 Å². The average molecular weight is 111 g/mol. The lowest BCUT2D eigenvalue weighted by Gasteiger charge is -2.04. The average Bonchev–Trinajstić information content (AvgIpc) is 1.67. The largest absolute Gasteiger partial charge is 0.401 e. The number of rotatable bonds is 2. The Morgan fingerprint density at radius 2 is 2.00 bits per heavy atom. The predicted octanol–water partition coefficient (Wildman–Crippen LogP) is -0.626. The molecule has 0 amide bonds. The van der Waals surface area contributed by atoms with Crippen LogP contribution < -0.4 is 16.5 Å². The molecule has 2 radical (unpaired) electrons. The van der Waals surface area contributed by atoms with Crippen molar-refractivity contribution in [1.82, 2.24) is 10.8 Å². The van der Waals surface area contributed by atoms with Crippen molar-refractivity contribution in [2.24, 2.45) is 5.73 Å². The summed E-state index contributed by atoms with van der Waals surface area (Å²) >= 11 is 0. The van der Waals surface area contributed by atoms with Gasteiger partial charge in [-0.1, -0.05) is 0 Å². The molecule has 0 aliphatic carbocycles. The highest BCUT2D eigenvalue weighted by Gasteiger charge is 1.84. The van der Waals surface area contributed by atoms with E-state index in [4.69, 9.17) is 13.7 Å². The highest BCUT2D eigenvalue weighted by molar-refractivity contribution is 6.03. The van der Waals surface area contributed by atoms with Crippen molar-refractivity contribution >= 4 is 7.98 Å². The minimum Gasteiger partial charge on any atom is -0.401 e. The van der Waals surface area contributed by atoms with E-state index >= 15 is 0 Å². The molecule has 3 nitrogen and oxygen atoms in total. The summed E-state index contributed by atoms with van der Waals surface area (Å²) in [7, 11) is 4.92. The van der Waals surface area contributed by atoms with Crippen LogP contribution in [0.4, 0.5) is 0 Å². The molecule has 0 aromatic carbocycles. The van der Waals surface area contributed by atoms with Crippen LogP contribution in [0.2, 0.25) is 0 Å². The Morgan fingerprint density at radius 1 is 1.50 bits per heavy atom. The Bertz CT molecular complexity index is 95.5. The smallest absolute Gasteiger partial charge is 0.209 e. The molecule has 0 atom stereocenters. The topological polar surface area (TPSA) is 50.1 Å². The van der Waals surface area contributed by atoms with Crippen LogP contribution in [0.5, 0.6) is 0 Å². The lowest BCUT2D eigenvalue weighted by atomic mass is 10.4. The first-order valence-electron chi connectivity index (χ1n) is 2.33. The third-order valence-corrected chi connectivity index (χ3v) is 0.851. The van der Waals surface area contributed by atoms with Crippen LogP contribution >= 0.6 is 0 Å². The molecule has 0 aliphatic rings. The summed E-state index contributed by atoms with van der Waals surface area (Å²) in [6, 6.07) is 0. The van der Waals surface area contributed by atoms with Gasteiger partial charge in [-0.25, -0.2) is 0 Å². The van der Waals surface area contributed by atoms with E-state index in [1.807, 2.05) is 6.92 Å². The van der Waals surface area contributed by atoms with Crippen molar-refractivity contribution in [2.75, 3.05) is 0 Å². The van der Waals surface area contributed by atoms with E-state index in [1.165, 1.54) is 0 Å².